The van der Waals surface area contributed by atoms with E-state index in [2.05, 4.69) is 13.0 Å². The molecule has 5 rings (SSSR count). The third-order valence-electron chi connectivity index (χ3n) is 6.84. The standard InChI is InChI=1S/C18H22O3/c1-9-7-12-10-3-2-6-18(12)14-11(8-10)4-5-13(19)16(14)21-17(18)15(9)20/h4-5,9-10,12,15,17,19-20H,2-3,6-8H2,1H3. The van der Waals surface area contributed by atoms with E-state index in [1.807, 2.05) is 0 Å². The third-order valence-corrected chi connectivity index (χ3v) is 6.84. The quantitative estimate of drug-likeness (QED) is 0.771. The highest BCUT2D eigenvalue weighted by Crippen LogP contribution is 2.66. The van der Waals surface area contributed by atoms with Crippen LogP contribution in [0, 0.1) is 17.8 Å². The zero-order valence-electron chi connectivity index (χ0n) is 12.4. The fourth-order valence-electron chi connectivity index (χ4n) is 6.06. The number of aliphatic hydroxyl groups excluding tert-OH is 1. The van der Waals surface area contributed by atoms with Crippen LogP contribution in [-0.4, -0.2) is 22.4 Å². The van der Waals surface area contributed by atoms with Gasteiger partial charge in [0.15, 0.2) is 11.5 Å². The summed E-state index contributed by atoms with van der Waals surface area (Å²) in [5, 5.41) is 21.0. The summed E-state index contributed by atoms with van der Waals surface area (Å²) in [5.74, 6) is 2.55. The molecule has 0 saturated heterocycles. The Morgan fingerprint density at radius 1 is 1.33 bits per heavy atom. The van der Waals surface area contributed by atoms with Crippen molar-refractivity contribution in [2.45, 2.75) is 56.7 Å². The second-order valence-corrected chi connectivity index (χ2v) is 7.69. The van der Waals surface area contributed by atoms with E-state index < -0.39 is 6.10 Å². The van der Waals surface area contributed by atoms with Gasteiger partial charge >= 0.3 is 0 Å². The van der Waals surface area contributed by atoms with Gasteiger partial charge in [-0.25, -0.2) is 0 Å². The molecule has 0 aromatic heterocycles. The summed E-state index contributed by atoms with van der Waals surface area (Å²) < 4.78 is 6.19. The molecule has 2 bridgehead atoms. The van der Waals surface area contributed by atoms with Crippen LogP contribution < -0.4 is 4.74 Å². The minimum atomic E-state index is -0.419. The van der Waals surface area contributed by atoms with Gasteiger partial charge in [0.05, 0.1) is 6.10 Å². The zero-order valence-corrected chi connectivity index (χ0v) is 12.4. The molecule has 2 saturated carbocycles. The van der Waals surface area contributed by atoms with Crippen molar-refractivity contribution in [2.75, 3.05) is 0 Å². The lowest BCUT2D eigenvalue weighted by Crippen LogP contribution is -2.62. The van der Waals surface area contributed by atoms with E-state index in [4.69, 9.17) is 4.74 Å². The Morgan fingerprint density at radius 2 is 2.19 bits per heavy atom. The van der Waals surface area contributed by atoms with E-state index in [-0.39, 0.29) is 23.2 Å². The predicted octanol–water partition coefficient (Wildman–Crippen LogP) is 2.76. The molecule has 1 spiro atoms. The van der Waals surface area contributed by atoms with Crippen LogP contribution in [0.15, 0.2) is 12.1 Å². The fraction of sp³-hybridized carbons (Fsp3) is 0.667. The summed E-state index contributed by atoms with van der Waals surface area (Å²) in [7, 11) is 0. The molecule has 21 heavy (non-hydrogen) atoms. The molecule has 0 amide bonds. The molecule has 3 nitrogen and oxygen atoms in total. The number of aromatic hydroxyl groups is 1. The number of rotatable bonds is 0. The Balaban J connectivity index is 1.81. The zero-order chi connectivity index (χ0) is 14.4. The van der Waals surface area contributed by atoms with Crippen LogP contribution >= 0.6 is 0 Å². The molecule has 6 atom stereocenters. The van der Waals surface area contributed by atoms with Gasteiger partial charge in [-0.1, -0.05) is 19.4 Å². The third kappa shape index (κ3) is 1.26. The van der Waals surface area contributed by atoms with Gasteiger partial charge in [0.2, 0.25) is 0 Å². The molecule has 3 heteroatoms. The van der Waals surface area contributed by atoms with E-state index in [0.717, 1.165) is 25.2 Å². The van der Waals surface area contributed by atoms with Crippen molar-refractivity contribution < 1.29 is 14.9 Å². The molecule has 1 aromatic carbocycles. The Hall–Kier alpha value is -1.22. The van der Waals surface area contributed by atoms with Crippen LogP contribution in [-0.2, 0) is 11.8 Å². The summed E-state index contributed by atoms with van der Waals surface area (Å²) in [5.41, 5.74) is 2.57. The minimum absolute atomic E-state index is 0.0312. The van der Waals surface area contributed by atoms with Crippen LogP contribution in [0.5, 0.6) is 11.5 Å². The summed E-state index contributed by atoms with van der Waals surface area (Å²) in [6.07, 6.45) is 5.27. The van der Waals surface area contributed by atoms with Gasteiger partial charge in [-0.2, -0.15) is 0 Å². The van der Waals surface area contributed by atoms with E-state index in [9.17, 15) is 10.2 Å². The lowest BCUT2D eigenvalue weighted by atomic mass is 9.47. The molecule has 2 N–H and O–H groups in total. The largest absolute Gasteiger partial charge is 0.504 e. The molecular weight excluding hydrogens is 264 g/mol. The Morgan fingerprint density at radius 3 is 3.05 bits per heavy atom. The molecule has 4 aliphatic rings. The van der Waals surface area contributed by atoms with Crippen molar-refractivity contribution in [1.82, 2.24) is 0 Å². The highest BCUT2D eigenvalue weighted by atomic mass is 16.5. The molecule has 1 aliphatic heterocycles. The van der Waals surface area contributed by atoms with Crippen molar-refractivity contribution >= 4 is 0 Å². The van der Waals surface area contributed by atoms with Crippen LogP contribution in [0.25, 0.3) is 0 Å². The lowest BCUT2D eigenvalue weighted by Gasteiger charge is -2.57. The monoisotopic (exact) mass is 286 g/mol. The number of phenolic OH excluding ortho intramolecular Hbond substituents is 1. The maximum atomic E-state index is 10.7. The molecule has 112 valence electrons. The molecule has 6 unspecified atom stereocenters. The van der Waals surface area contributed by atoms with Gasteiger partial charge in [0.25, 0.3) is 0 Å². The van der Waals surface area contributed by atoms with E-state index in [1.54, 1.807) is 6.07 Å². The first-order valence-electron chi connectivity index (χ1n) is 8.33. The molecule has 1 heterocycles. The Kier molecular flexibility index (Phi) is 2.20. The van der Waals surface area contributed by atoms with E-state index in [0.29, 0.717) is 11.7 Å². The van der Waals surface area contributed by atoms with Crippen molar-refractivity contribution in [1.29, 1.82) is 0 Å². The van der Waals surface area contributed by atoms with E-state index in [1.165, 1.54) is 24.0 Å². The molecule has 3 aliphatic carbocycles. The summed E-state index contributed by atoms with van der Waals surface area (Å²) >= 11 is 0. The van der Waals surface area contributed by atoms with Gasteiger partial charge in [-0.15, -0.1) is 0 Å². The highest BCUT2D eigenvalue weighted by Gasteiger charge is 2.65. The van der Waals surface area contributed by atoms with Crippen molar-refractivity contribution in [3.63, 3.8) is 0 Å². The van der Waals surface area contributed by atoms with E-state index >= 15 is 0 Å². The number of ether oxygens (including phenoxy) is 1. The first-order chi connectivity index (χ1) is 10.1. The number of phenols is 1. The van der Waals surface area contributed by atoms with Crippen LogP contribution in [0.2, 0.25) is 0 Å². The van der Waals surface area contributed by atoms with Crippen LogP contribution in [0.4, 0.5) is 0 Å². The van der Waals surface area contributed by atoms with Crippen LogP contribution in [0.1, 0.15) is 43.7 Å². The maximum absolute atomic E-state index is 10.7. The highest BCUT2D eigenvalue weighted by molar-refractivity contribution is 5.60. The number of hydrogen-bond acceptors (Lipinski definition) is 3. The number of aliphatic hydroxyl groups is 1. The number of benzene rings is 1. The van der Waals surface area contributed by atoms with Gasteiger partial charge in [0, 0.05) is 11.0 Å². The van der Waals surface area contributed by atoms with Gasteiger partial charge < -0.3 is 14.9 Å². The first kappa shape index (κ1) is 12.3. The normalized spacial score (nSPS) is 45.9. The van der Waals surface area contributed by atoms with Gasteiger partial charge in [-0.3, -0.25) is 0 Å². The minimum Gasteiger partial charge on any atom is -0.504 e. The maximum Gasteiger partial charge on any atom is 0.165 e. The second kappa shape index (κ2) is 3.75. The fourth-order valence-corrected chi connectivity index (χ4v) is 6.06. The predicted molar refractivity (Wildman–Crippen MR) is 78.5 cm³/mol. The van der Waals surface area contributed by atoms with Gasteiger partial charge in [0.1, 0.15) is 6.10 Å². The summed E-state index contributed by atoms with van der Waals surface area (Å²) in [6.45, 7) is 2.15. The molecule has 1 aromatic rings. The topological polar surface area (TPSA) is 49.7 Å². The molecular formula is C18H22O3. The average molecular weight is 286 g/mol. The Bertz CT molecular complexity index is 625. The lowest BCUT2D eigenvalue weighted by molar-refractivity contribution is -0.111. The number of hydrogen-bond donors (Lipinski definition) is 2. The summed E-state index contributed by atoms with van der Waals surface area (Å²) in [6, 6.07) is 3.86. The second-order valence-electron chi connectivity index (χ2n) is 7.69. The van der Waals surface area contributed by atoms with Crippen molar-refractivity contribution in [3.05, 3.63) is 23.3 Å². The molecule has 0 radical (unpaired) electrons. The summed E-state index contributed by atoms with van der Waals surface area (Å²) in [4.78, 5) is 0. The Labute approximate surface area is 124 Å². The van der Waals surface area contributed by atoms with Crippen molar-refractivity contribution in [3.8, 4) is 11.5 Å². The van der Waals surface area contributed by atoms with Gasteiger partial charge in [-0.05, 0) is 55.1 Å². The SMILES string of the molecule is CC1CC2C3CCCC24c2c(ccc(O)c2OC4C1O)C3. The van der Waals surface area contributed by atoms with Crippen molar-refractivity contribution in [2.24, 2.45) is 17.8 Å². The smallest absolute Gasteiger partial charge is 0.165 e. The molecule has 2 fully saturated rings. The van der Waals surface area contributed by atoms with Crippen LogP contribution in [0.3, 0.4) is 0 Å². The first-order valence-corrected chi connectivity index (χ1v) is 8.33. The average Bonchev–Trinajstić information content (AvgIpc) is 2.80.